The van der Waals surface area contributed by atoms with Gasteiger partial charge in [-0.15, -0.1) is 22.7 Å². The Hall–Kier alpha value is -2.97. The predicted molar refractivity (Wildman–Crippen MR) is 115 cm³/mol. The average molecular weight is 427 g/mol. The number of aromatic nitrogens is 1. The molecule has 3 aromatic heterocycles. The third-order valence-corrected chi connectivity index (χ3v) is 6.12. The van der Waals surface area contributed by atoms with Crippen molar-refractivity contribution < 1.29 is 18.7 Å². The van der Waals surface area contributed by atoms with Gasteiger partial charge in [-0.1, -0.05) is 0 Å². The topological polar surface area (TPSA) is 81.4 Å². The van der Waals surface area contributed by atoms with Gasteiger partial charge in [0.05, 0.1) is 18.7 Å². The van der Waals surface area contributed by atoms with E-state index in [1.165, 1.54) is 22.7 Å². The molecule has 0 aliphatic heterocycles. The highest BCUT2D eigenvalue weighted by atomic mass is 32.1. The summed E-state index contributed by atoms with van der Waals surface area (Å²) in [5.41, 5.74) is 1.37. The van der Waals surface area contributed by atoms with E-state index < -0.39 is 0 Å². The van der Waals surface area contributed by atoms with Crippen LogP contribution < -0.4 is 5.32 Å². The number of nitrogens with one attached hydrogen (secondary N) is 1. The minimum Gasteiger partial charge on any atom is -0.462 e. The second-order valence-corrected chi connectivity index (χ2v) is 8.30. The van der Waals surface area contributed by atoms with Gasteiger partial charge in [-0.05, 0) is 55.6 Å². The summed E-state index contributed by atoms with van der Waals surface area (Å²) in [6.45, 7) is 4.00. The van der Waals surface area contributed by atoms with Crippen LogP contribution in [0.25, 0.3) is 20.9 Å². The number of furan rings is 1. The monoisotopic (exact) mass is 426 g/mol. The van der Waals surface area contributed by atoms with Crippen molar-refractivity contribution in [1.82, 2.24) is 4.98 Å². The molecule has 0 unspecified atom stereocenters. The summed E-state index contributed by atoms with van der Waals surface area (Å²) in [6, 6.07) is 11.1. The van der Waals surface area contributed by atoms with Crippen LogP contribution >= 0.6 is 22.7 Å². The number of thiazole rings is 1. The lowest BCUT2D eigenvalue weighted by Gasteiger charge is -2.04. The van der Waals surface area contributed by atoms with Crippen LogP contribution in [0, 0.1) is 6.92 Å². The number of carbonyl (C=O) groups excluding carboxylic acids is 2. The molecule has 0 aliphatic carbocycles. The van der Waals surface area contributed by atoms with Gasteiger partial charge in [0.2, 0.25) is 5.91 Å². The third kappa shape index (κ3) is 4.38. The van der Waals surface area contributed by atoms with E-state index in [-0.39, 0.29) is 18.3 Å². The number of rotatable bonds is 6. The third-order valence-electron chi connectivity index (χ3n) is 4.12. The Morgan fingerprint density at radius 2 is 2.07 bits per heavy atom. The van der Waals surface area contributed by atoms with Crippen molar-refractivity contribution in [2.75, 3.05) is 11.9 Å². The molecule has 0 saturated heterocycles. The molecule has 0 spiro atoms. The summed E-state index contributed by atoms with van der Waals surface area (Å²) >= 11 is 2.82. The van der Waals surface area contributed by atoms with Gasteiger partial charge in [-0.25, -0.2) is 9.78 Å². The van der Waals surface area contributed by atoms with Crippen molar-refractivity contribution in [3.05, 3.63) is 58.1 Å². The largest absolute Gasteiger partial charge is 0.462 e. The minimum absolute atomic E-state index is 0.155. The predicted octanol–water partition coefficient (Wildman–Crippen LogP) is 5.28. The molecule has 4 aromatic rings. The van der Waals surface area contributed by atoms with Gasteiger partial charge in [-0.3, -0.25) is 4.79 Å². The molecule has 3 heterocycles. The second kappa shape index (κ2) is 8.18. The number of hydrogen-bond donors (Lipinski definition) is 1. The van der Waals surface area contributed by atoms with Gasteiger partial charge in [0.25, 0.3) is 0 Å². The van der Waals surface area contributed by atoms with Gasteiger partial charge >= 0.3 is 5.97 Å². The molecule has 8 heteroatoms. The van der Waals surface area contributed by atoms with E-state index in [0.29, 0.717) is 28.6 Å². The highest BCUT2D eigenvalue weighted by molar-refractivity contribution is 7.20. The Kier molecular flexibility index (Phi) is 5.46. The molecule has 0 atom stereocenters. The van der Waals surface area contributed by atoms with Crippen LogP contribution in [0.4, 0.5) is 5.69 Å². The number of anilines is 1. The zero-order chi connectivity index (χ0) is 20.4. The second-order valence-electron chi connectivity index (χ2n) is 6.36. The Labute approximate surface area is 175 Å². The number of amides is 1. The number of nitrogens with zero attached hydrogens (tertiary/aromatic N) is 1. The number of esters is 1. The maximum absolute atomic E-state index is 12.4. The number of fused-ring (bicyclic) bond motifs is 1. The van der Waals surface area contributed by atoms with E-state index in [2.05, 4.69) is 10.3 Å². The standard InChI is InChI=1S/C21H18N2O4S2/c1-3-26-21(25)18-9-13-8-14(5-7-17(13)29-18)22-19(24)10-15-11-28-20(23-15)16-6-4-12(2)27-16/h4-9,11H,3,10H2,1-2H3,(H,22,24). The fourth-order valence-corrected chi connectivity index (χ4v) is 4.56. The van der Waals surface area contributed by atoms with Gasteiger partial charge in [0.1, 0.15) is 10.6 Å². The number of thiophene rings is 1. The van der Waals surface area contributed by atoms with Crippen LogP contribution in [0.3, 0.4) is 0 Å². The van der Waals surface area contributed by atoms with Crippen LogP contribution in [0.15, 0.2) is 46.2 Å². The highest BCUT2D eigenvalue weighted by Gasteiger charge is 2.14. The van der Waals surface area contributed by atoms with Crippen LogP contribution in [0.5, 0.6) is 0 Å². The maximum Gasteiger partial charge on any atom is 0.348 e. The van der Waals surface area contributed by atoms with Crippen molar-refractivity contribution in [3.8, 4) is 10.8 Å². The molecular formula is C21H18N2O4S2. The molecule has 6 nitrogen and oxygen atoms in total. The summed E-state index contributed by atoms with van der Waals surface area (Å²) < 4.78 is 11.6. The maximum atomic E-state index is 12.4. The first-order chi connectivity index (χ1) is 14.0. The SMILES string of the molecule is CCOC(=O)c1cc2cc(NC(=O)Cc3csc(-c4ccc(C)o4)n3)ccc2s1. The van der Waals surface area contributed by atoms with Crippen LogP contribution in [0.2, 0.25) is 0 Å². The molecule has 0 fully saturated rings. The summed E-state index contributed by atoms with van der Waals surface area (Å²) in [5, 5.41) is 6.40. The van der Waals surface area contributed by atoms with Crippen molar-refractivity contribution in [2.45, 2.75) is 20.3 Å². The zero-order valence-corrected chi connectivity index (χ0v) is 17.5. The van der Waals surface area contributed by atoms with Gasteiger partial charge < -0.3 is 14.5 Å². The Morgan fingerprint density at radius 1 is 1.21 bits per heavy atom. The zero-order valence-electron chi connectivity index (χ0n) is 15.9. The Morgan fingerprint density at radius 3 is 2.83 bits per heavy atom. The molecule has 148 valence electrons. The Balaban J connectivity index is 1.43. The van der Waals surface area contributed by atoms with E-state index in [0.717, 1.165) is 20.9 Å². The van der Waals surface area contributed by atoms with Crippen molar-refractivity contribution in [3.63, 3.8) is 0 Å². The lowest BCUT2D eigenvalue weighted by Crippen LogP contribution is -2.14. The molecule has 1 N–H and O–H groups in total. The lowest BCUT2D eigenvalue weighted by molar-refractivity contribution is -0.115. The van der Waals surface area contributed by atoms with Crippen molar-refractivity contribution in [2.24, 2.45) is 0 Å². The van der Waals surface area contributed by atoms with Gasteiger partial charge in [0, 0.05) is 15.8 Å². The molecule has 0 saturated carbocycles. The van der Waals surface area contributed by atoms with E-state index in [4.69, 9.17) is 9.15 Å². The summed E-state index contributed by atoms with van der Waals surface area (Å²) in [7, 11) is 0. The van der Waals surface area contributed by atoms with E-state index in [1.54, 1.807) is 13.0 Å². The first-order valence-electron chi connectivity index (χ1n) is 9.03. The van der Waals surface area contributed by atoms with Gasteiger partial charge in [0.15, 0.2) is 10.8 Å². The fraction of sp³-hybridized carbons (Fsp3) is 0.190. The molecule has 4 rings (SSSR count). The minimum atomic E-state index is -0.328. The first kappa shape index (κ1) is 19.4. The number of carbonyl (C=O) groups is 2. The molecule has 0 radical (unpaired) electrons. The lowest BCUT2D eigenvalue weighted by atomic mass is 10.2. The average Bonchev–Trinajstić information content (AvgIpc) is 3.40. The van der Waals surface area contributed by atoms with Crippen LogP contribution in [-0.4, -0.2) is 23.5 Å². The van der Waals surface area contributed by atoms with Crippen LogP contribution in [0.1, 0.15) is 28.0 Å². The molecule has 29 heavy (non-hydrogen) atoms. The Bertz CT molecular complexity index is 1190. The fourth-order valence-electron chi connectivity index (χ4n) is 2.84. The van der Waals surface area contributed by atoms with Crippen molar-refractivity contribution >= 4 is 50.3 Å². The molecule has 0 aliphatic rings. The summed E-state index contributed by atoms with van der Waals surface area (Å²) in [4.78, 5) is 29.3. The van der Waals surface area contributed by atoms with Gasteiger partial charge in [-0.2, -0.15) is 0 Å². The highest BCUT2D eigenvalue weighted by Crippen LogP contribution is 2.29. The summed E-state index contributed by atoms with van der Waals surface area (Å²) in [6.07, 6.45) is 0.173. The number of aryl methyl sites for hydroxylation is 1. The molecule has 1 amide bonds. The van der Waals surface area contributed by atoms with Crippen molar-refractivity contribution in [1.29, 1.82) is 0 Å². The summed E-state index contributed by atoms with van der Waals surface area (Å²) in [5.74, 6) is 1.05. The van der Waals surface area contributed by atoms with E-state index in [9.17, 15) is 9.59 Å². The van der Waals surface area contributed by atoms with E-state index >= 15 is 0 Å². The normalized spacial score (nSPS) is 11.0. The molecule has 1 aromatic carbocycles. The number of ether oxygens (including phenoxy) is 1. The smallest absolute Gasteiger partial charge is 0.348 e. The first-order valence-corrected chi connectivity index (χ1v) is 10.7. The molecular weight excluding hydrogens is 408 g/mol. The number of hydrogen-bond acceptors (Lipinski definition) is 7. The van der Waals surface area contributed by atoms with Crippen LogP contribution in [-0.2, 0) is 16.0 Å². The molecule has 0 bridgehead atoms. The quantitative estimate of drug-likeness (QED) is 0.424. The number of benzene rings is 1. The van der Waals surface area contributed by atoms with E-state index in [1.807, 2.05) is 42.6 Å².